The highest BCUT2D eigenvalue weighted by atomic mass is 15.3. The first-order chi connectivity index (χ1) is 8.57. The molecule has 2 unspecified atom stereocenters. The van der Waals surface area contributed by atoms with E-state index in [1.807, 2.05) is 0 Å². The Morgan fingerprint density at radius 3 is 2.44 bits per heavy atom. The highest BCUT2D eigenvalue weighted by Crippen LogP contribution is 2.38. The molecular formula is C16H32N2. The van der Waals surface area contributed by atoms with Crippen molar-refractivity contribution in [1.29, 1.82) is 0 Å². The lowest BCUT2D eigenvalue weighted by molar-refractivity contribution is 0.0218. The van der Waals surface area contributed by atoms with Gasteiger partial charge in [-0.3, -0.25) is 4.90 Å². The van der Waals surface area contributed by atoms with Gasteiger partial charge in [0.2, 0.25) is 0 Å². The smallest absolute Gasteiger partial charge is 0.0334 e. The Morgan fingerprint density at radius 2 is 1.89 bits per heavy atom. The molecule has 0 aromatic heterocycles. The van der Waals surface area contributed by atoms with Gasteiger partial charge in [0.15, 0.2) is 0 Å². The summed E-state index contributed by atoms with van der Waals surface area (Å²) in [4.78, 5) is 2.85. The third kappa shape index (κ3) is 2.91. The van der Waals surface area contributed by atoms with E-state index in [2.05, 4.69) is 37.9 Å². The van der Waals surface area contributed by atoms with Crippen molar-refractivity contribution in [1.82, 2.24) is 10.2 Å². The first kappa shape index (κ1) is 14.3. The molecule has 106 valence electrons. The van der Waals surface area contributed by atoms with Crippen LogP contribution >= 0.6 is 0 Å². The van der Waals surface area contributed by atoms with Crippen LogP contribution in [0.4, 0.5) is 0 Å². The maximum atomic E-state index is 3.86. The van der Waals surface area contributed by atoms with E-state index in [1.165, 1.54) is 51.7 Å². The molecule has 1 heterocycles. The number of piperazine rings is 1. The van der Waals surface area contributed by atoms with E-state index in [1.54, 1.807) is 0 Å². The SMILES string of the molecule is CCC(C)C1CN(CC(C)C)C2(CCCC2)CN1. The molecule has 2 nitrogen and oxygen atoms in total. The van der Waals surface area contributed by atoms with Gasteiger partial charge in [-0.05, 0) is 24.7 Å². The molecule has 0 aromatic rings. The van der Waals surface area contributed by atoms with Gasteiger partial charge < -0.3 is 5.32 Å². The molecule has 1 N–H and O–H groups in total. The second kappa shape index (κ2) is 5.92. The van der Waals surface area contributed by atoms with E-state index in [0.29, 0.717) is 11.6 Å². The lowest BCUT2D eigenvalue weighted by Gasteiger charge is -2.50. The second-order valence-corrected chi connectivity index (χ2v) is 7.10. The van der Waals surface area contributed by atoms with E-state index in [4.69, 9.17) is 0 Å². The summed E-state index contributed by atoms with van der Waals surface area (Å²) in [5, 5.41) is 3.86. The molecule has 2 fully saturated rings. The zero-order valence-electron chi connectivity index (χ0n) is 12.8. The van der Waals surface area contributed by atoms with Gasteiger partial charge in [0.25, 0.3) is 0 Å². The number of nitrogens with zero attached hydrogens (tertiary/aromatic N) is 1. The molecule has 18 heavy (non-hydrogen) atoms. The van der Waals surface area contributed by atoms with Crippen LogP contribution in [0.15, 0.2) is 0 Å². The van der Waals surface area contributed by atoms with Crippen LogP contribution in [0.2, 0.25) is 0 Å². The molecule has 1 spiro atoms. The number of nitrogens with one attached hydrogen (secondary N) is 1. The van der Waals surface area contributed by atoms with Gasteiger partial charge in [0.1, 0.15) is 0 Å². The van der Waals surface area contributed by atoms with Crippen LogP contribution < -0.4 is 5.32 Å². The molecule has 1 aliphatic carbocycles. The number of hydrogen-bond donors (Lipinski definition) is 1. The summed E-state index contributed by atoms with van der Waals surface area (Å²) in [7, 11) is 0. The number of rotatable bonds is 4. The minimum Gasteiger partial charge on any atom is -0.311 e. The van der Waals surface area contributed by atoms with Crippen LogP contribution in [-0.4, -0.2) is 36.1 Å². The molecule has 0 aromatic carbocycles. The predicted molar refractivity (Wildman–Crippen MR) is 78.9 cm³/mol. The molecule has 1 saturated carbocycles. The fourth-order valence-corrected chi connectivity index (χ4v) is 3.83. The van der Waals surface area contributed by atoms with Crippen molar-refractivity contribution in [3.8, 4) is 0 Å². The maximum absolute atomic E-state index is 3.86. The van der Waals surface area contributed by atoms with Gasteiger partial charge >= 0.3 is 0 Å². The van der Waals surface area contributed by atoms with E-state index < -0.39 is 0 Å². The molecule has 2 atom stereocenters. The molecule has 1 aliphatic heterocycles. The predicted octanol–water partition coefficient (Wildman–Crippen LogP) is 3.28. The average molecular weight is 252 g/mol. The Labute approximate surface area is 114 Å². The van der Waals surface area contributed by atoms with Crippen molar-refractivity contribution in [2.75, 3.05) is 19.6 Å². The maximum Gasteiger partial charge on any atom is 0.0334 e. The largest absolute Gasteiger partial charge is 0.311 e. The third-order valence-electron chi connectivity index (χ3n) is 5.23. The van der Waals surface area contributed by atoms with Crippen molar-refractivity contribution >= 4 is 0 Å². The quantitative estimate of drug-likeness (QED) is 0.826. The molecule has 0 radical (unpaired) electrons. The molecule has 0 bridgehead atoms. The van der Waals surface area contributed by atoms with Gasteiger partial charge in [0, 0.05) is 31.2 Å². The fraction of sp³-hybridized carbons (Fsp3) is 1.00. The Balaban J connectivity index is 2.05. The van der Waals surface area contributed by atoms with Crippen LogP contribution in [0.25, 0.3) is 0 Å². The summed E-state index contributed by atoms with van der Waals surface area (Å²) in [6.45, 7) is 13.2. The Kier molecular flexibility index (Phi) is 4.71. The van der Waals surface area contributed by atoms with E-state index in [0.717, 1.165) is 11.8 Å². The van der Waals surface area contributed by atoms with Crippen molar-refractivity contribution < 1.29 is 0 Å². The molecule has 0 amide bonds. The Morgan fingerprint density at radius 1 is 1.22 bits per heavy atom. The lowest BCUT2D eigenvalue weighted by atomic mass is 9.86. The minimum atomic E-state index is 0.508. The summed E-state index contributed by atoms with van der Waals surface area (Å²) in [6.07, 6.45) is 6.99. The fourth-order valence-electron chi connectivity index (χ4n) is 3.83. The zero-order chi connectivity index (χ0) is 13.2. The average Bonchev–Trinajstić information content (AvgIpc) is 2.80. The van der Waals surface area contributed by atoms with Crippen molar-refractivity contribution in [3.05, 3.63) is 0 Å². The molecular weight excluding hydrogens is 220 g/mol. The van der Waals surface area contributed by atoms with Gasteiger partial charge in [-0.2, -0.15) is 0 Å². The van der Waals surface area contributed by atoms with Crippen molar-refractivity contribution in [2.45, 2.75) is 71.4 Å². The minimum absolute atomic E-state index is 0.508. The van der Waals surface area contributed by atoms with Crippen molar-refractivity contribution in [3.63, 3.8) is 0 Å². The normalized spacial score (nSPS) is 30.2. The number of hydrogen-bond acceptors (Lipinski definition) is 2. The van der Waals surface area contributed by atoms with Gasteiger partial charge in [-0.1, -0.05) is 47.0 Å². The van der Waals surface area contributed by atoms with Gasteiger partial charge in [0.05, 0.1) is 0 Å². The topological polar surface area (TPSA) is 15.3 Å². The molecule has 2 aliphatic rings. The van der Waals surface area contributed by atoms with E-state index >= 15 is 0 Å². The zero-order valence-corrected chi connectivity index (χ0v) is 12.8. The van der Waals surface area contributed by atoms with Crippen LogP contribution in [0.5, 0.6) is 0 Å². The van der Waals surface area contributed by atoms with E-state index in [-0.39, 0.29) is 0 Å². The summed E-state index contributed by atoms with van der Waals surface area (Å²) in [5.41, 5.74) is 0.508. The first-order valence-electron chi connectivity index (χ1n) is 8.06. The summed E-state index contributed by atoms with van der Waals surface area (Å²) < 4.78 is 0. The van der Waals surface area contributed by atoms with Crippen LogP contribution in [0.3, 0.4) is 0 Å². The summed E-state index contributed by atoms with van der Waals surface area (Å²) >= 11 is 0. The summed E-state index contributed by atoms with van der Waals surface area (Å²) in [5.74, 6) is 1.59. The standard InChI is InChI=1S/C16H32N2/c1-5-14(4)15-11-18(10-13(2)3)16(12-17-15)8-6-7-9-16/h13-15,17H,5-12H2,1-4H3. The molecule has 1 saturated heterocycles. The molecule has 2 heteroatoms. The van der Waals surface area contributed by atoms with Crippen LogP contribution in [0, 0.1) is 11.8 Å². The first-order valence-corrected chi connectivity index (χ1v) is 8.06. The van der Waals surface area contributed by atoms with E-state index in [9.17, 15) is 0 Å². The van der Waals surface area contributed by atoms with Gasteiger partial charge in [-0.15, -0.1) is 0 Å². The van der Waals surface area contributed by atoms with Gasteiger partial charge in [-0.25, -0.2) is 0 Å². The van der Waals surface area contributed by atoms with Crippen LogP contribution in [-0.2, 0) is 0 Å². The highest BCUT2D eigenvalue weighted by molar-refractivity contribution is 5.02. The summed E-state index contributed by atoms with van der Waals surface area (Å²) in [6, 6.07) is 0.708. The van der Waals surface area contributed by atoms with Crippen LogP contribution in [0.1, 0.15) is 59.8 Å². The monoisotopic (exact) mass is 252 g/mol. The molecule has 2 rings (SSSR count). The Bertz CT molecular complexity index is 256. The Hall–Kier alpha value is -0.0800. The third-order valence-corrected chi connectivity index (χ3v) is 5.23. The second-order valence-electron chi connectivity index (χ2n) is 7.10. The van der Waals surface area contributed by atoms with Crippen molar-refractivity contribution in [2.24, 2.45) is 11.8 Å². The lowest BCUT2D eigenvalue weighted by Crippen LogP contribution is -2.65. The highest BCUT2D eigenvalue weighted by Gasteiger charge is 2.43.